The van der Waals surface area contributed by atoms with Crippen LogP contribution in [0.15, 0.2) is 90.6 Å². The Bertz CT molecular complexity index is 1840. The van der Waals surface area contributed by atoms with Gasteiger partial charge in [0.05, 0.1) is 4.90 Å². The molecule has 6 N–H and O–H groups in total. The Morgan fingerprint density at radius 2 is 1.74 bits per heavy atom. The maximum Gasteiger partial charge on any atom is 0.286 e. The van der Waals surface area contributed by atoms with E-state index in [9.17, 15) is 21.6 Å². The van der Waals surface area contributed by atoms with Gasteiger partial charge in [-0.3, -0.25) is 4.79 Å². The molecule has 3 aromatic carbocycles. The quantitative estimate of drug-likeness (QED) is 0.143. The van der Waals surface area contributed by atoms with E-state index in [0.717, 1.165) is 10.9 Å². The Kier molecular flexibility index (Phi) is 7.85. The number of aromatic nitrogens is 1. The average Bonchev–Trinajstić information content (AvgIpc) is 2.83. The fourth-order valence-corrected chi connectivity index (χ4v) is 6.81. The van der Waals surface area contributed by atoms with E-state index in [1.165, 1.54) is 54.2 Å². The molecule has 38 heavy (non-hydrogen) atoms. The van der Waals surface area contributed by atoms with Crippen molar-refractivity contribution >= 4 is 66.0 Å². The molecule has 0 aliphatic rings. The lowest BCUT2D eigenvalue weighted by atomic mass is 10.1. The lowest BCUT2D eigenvalue weighted by molar-refractivity contribution is 0.595. The summed E-state index contributed by atoms with van der Waals surface area (Å²) < 4.78 is 53.1. The number of hydrogen-bond acceptors (Lipinski definition) is 6. The van der Waals surface area contributed by atoms with Crippen molar-refractivity contribution in [3.8, 4) is 0 Å². The zero-order valence-corrected chi connectivity index (χ0v) is 23.0. The van der Waals surface area contributed by atoms with Crippen LogP contribution in [0.5, 0.6) is 0 Å². The van der Waals surface area contributed by atoms with Crippen molar-refractivity contribution in [1.82, 2.24) is 4.98 Å². The van der Waals surface area contributed by atoms with E-state index >= 15 is 0 Å². The lowest BCUT2D eigenvalue weighted by Gasteiger charge is -2.12. The Morgan fingerprint density at radius 1 is 1.05 bits per heavy atom. The largest absolute Gasteiger partial charge is 0.369 e. The van der Waals surface area contributed by atoms with Crippen LogP contribution in [0, 0.1) is 6.92 Å². The molecule has 0 fully saturated rings. The predicted molar refractivity (Wildman–Crippen MR) is 151 cm³/mol. The van der Waals surface area contributed by atoms with Crippen LogP contribution < -0.4 is 21.7 Å². The number of sulfonamides is 2. The number of nitrogens with zero attached hydrogens (tertiary/aromatic N) is 1. The molecule has 10 nitrogen and oxygen atoms in total. The molecule has 0 aliphatic heterocycles. The van der Waals surface area contributed by atoms with Gasteiger partial charge in [0.25, 0.3) is 10.0 Å². The van der Waals surface area contributed by atoms with E-state index < -0.39 is 26.0 Å². The van der Waals surface area contributed by atoms with E-state index in [1.807, 2.05) is 18.2 Å². The molecule has 0 unspecified atom stereocenters. The second-order valence-electron chi connectivity index (χ2n) is 8.19. The topological polar surface area (TPSA) is 178 Å². The van der Waals surface area contributed by atoms with Crippen LogP contribution in [0.4, 0.5) is 5.69 Å². The molecule has 198 valence electrons. The first kappa shape index (κ1) is 27.7. The van der Waals surface area contributed by atoms with Crippen molar-refractivity contribution in [1.29, 1.82) is 0 Å². The van der Waals surface area contributed by atoms with Crippen LogP contribution >= 0.6 is 23.4 Å². The highest BCUT2D eigenvalue weighted by molar-refractivity contribution is 7.99. The molecule has 0 aliphatic carbocycles. The molecule has 0 bridgehead atoms. The summed E-state index contributed by atoms with van der Waals surface area (Å²) in [5, 5.41) is 8.91. The number of guanidine groups is 1. The summed E-state index contributed by atoms with van der Waals surface area (Å²) in [4.78, 5) is 15.0. The number of H-pyrrole nitrogens is 1. The normalized spacial score (nSPS) is 12.6. The van der Waals surface area contributed by atoms with Gasteiger partial charge in [-0.15, -0.1) is 16.2 Å². The van der Waals surface area contributed by atoms with E-state index in [1.54, 1.807) is 13.0 Å². The number of hydrogen-bond donors (Lipinski definition) is 4. The third kappa shape index (κ3) is 6.37. The van der Waals surface area contributed by atoms with E-state index in [2.05, 4.69) is 14.7 Å². The van der Waals surface area contributed by atoms with Gasteiger partial charge < -0.3 is 16.0 Å². The third-order valence-corrected chi connectivity index (χ3v) is 9.30. The number of thioether (sulfide) groups is 1. The Morgan fingerprint density at radius 3 is 2.42 bits per heavy atom. The number of benzene rings is 3. The minimum absolute atomic E-state index is 0.104. The number of primary sulfonamides is 1. The number of pyridine rings is 1. The highest BCUT2D eigenvalue weighted by Gasteiger charge is 2.21. The van der Waals surface area contributed by atoms with Crippen molar-refractivity contribution in [3.05, 3.63) is 93.2 Å². The molecule has 1 aromatic heterocycles. The average molecular weight is 592 g/mol. The molecule has 0 saturated carbocycles. The number of para-hydroxylation sites is 1. The summed E-state index contributed by atoms with van der Waals surface area (Å²) in [6, 6.07) is 17.0. The Balaban J connectivity index is 1.64. The fourth-order valence-electron chi connectivity index (χ4n) is 3.58. The molecule has 1 heterocycles. The molecule has 0 amide bonds. The van der Waals surface area contributed by atoms with Gasteiger partial charge in [-0.2, -0.15) is 8.42 Å². The van der Waals surface area contributed by atoms with E-state index in [4.69, 9.17) is 22.5 Å². The van der Waals surface area contributed by atoms with Gasteiger partial charge in [0.15, 0.2) is 0 Å². The first-order valence-corrected chi connectivity index (χ1v) is 15.2. The number of nitrogens with two attached hydrogens (primary N) is 2. The van der Waals surface area contributed by atoms with Gasteiger partial charge in [-0.05, 0) is 60.5 Å². The maximum absolute atomic E-state index is 13.3. The van der Waals surface area contributed by atoms with Crippen LogP contribution in [0.25, 0.3) is 10.9 Å². The highest BCUT2D eigenvalue weighted by atomic mass is 35.5. The number of nitrogens with one attached hydrogen (secondary N) is 2. The van der Waals surface area contributed by atoms with Gasteiger partial charge >= 0.3 is 0 Å². The highest BCUT2D eigenvalue weighted by Crippen LogP contribution is 2.35. The molecule has 14 heteroatoms. The van der Waals surface area contributed by atoms with Crippen LogP contribution in [-0.2, 0) is 25.8 Å². The van der Waals surface area contributed by atoms with Crippen LogP contribution in [0.3, 0.4) is 0 Å². The second-order valence-corrected chi connectivity index (χ2v) is 12.7. The minimum Gasteiger partial charge on any atom is -0.369 e. The number of anilines is 1. The summed E-state index contributed by atoms with van der Waals surface area (Å²) in [7, 11) is -8.18. The maximum atomic E-state index is 13.3. The fraction of sp³-hybridized carbons (Fsp3) is 0.0833. The predicted octanol–water partition coefficient (Wildman–Crippen LogP) is 3.55. The standard InChI is InChI=1S/C24H22ClN5O5S3/c1-14-10-22(38(34,35)30-24(26)28-16-6-8-17(9-7-16)37(27,32)33)21(12-19(14)25)36-13-15-11-23(31)29-20-5-3-2-4-18(15)20/h2-12H,13H2,1H3,(H,29,31)(H3,26,28,30)(H2,27,32,33). The SMILES string of the molecule is Cc1cc(S(=O)(=O)/N=C(/N)Nc2ccc(S(N)(=O)=O)cc2)c(SCc2cc(=O)[nH]c3ccccc23)cc1Cl. The molecular weight excluding hydrogens is 570 g/mol. The zero-order chi connectivity index (χ0) is 27.7. The van der Waals surface area contributed by atoms with Crippen molar-refractivity contribution in [2.24, 2.45) is 15.3 Å². The number of rotatable bonds is 7. The summed E-state index contributed by atoms with van der Waals surface area (Å²) >= 11 is 7.50. The first-order valence-electron chi connectivity index (χ1n) is 10.9. The zero-order valence-electron chi connectivity index (χ0n) is 19.8. The van der Waals surface area contributed by atoms with Gasteiger partial charge in [0.1, 0.15) is 4.90 Å². The molecule has 4 aromatic rings. The Hall–Kier alpha value is -3.36. The Labute approximate surface area is 228 Å². The monoisotopic (exact) mass is 591 g/mol. The van der Waals surface area contributed by atoms with Crippen molar-refractivity contribution in [3.63, 3.8) is 0 Å². The number of aryl methyl sites for hydroxylation is 1. The minimum atomic E-state index is -4.30. The molecule has 0 spiro atoms. The summed E-state index contributed by atoms with van der Waals surface area (Å²) in [6.45, 7) is 1.67. The van der Waals surface area contributed by atoms with Crippen LogP contribution in [0.2, 0.25) is 5.02 Å². The molecule has 4 rings (SSSR count). The van der Waals surface area contributed by atoms with Crippen molar-refractivity contribution in [2.45, 2.75) is 27.4 Å². The summed E-state index contributed by atoms with van der Waals surface area (Å²) in [5.74, 6) is -0.141. The van der Waals surface area contributed by atoms with Crippen molar-refractivity contribution in [2.75, 3.05) is 5.32 Å². The van der Waals surface area contributed by atoms with Gasteiger partial charge in [0.2, 0.25) is 21.5 Å². The van der Waals surface area contributed by atoms with Gasteiger partial charge in [0, 0.05) is 38.3 Å². The summed E-state index contributed by atoms with van der Waals surface area (Å²) in [5.41, 5.74) is 7.82. The number of fused-ring (bicyclic) bond motifs is 1. The summed E-state index contributed by atoms with van der Waals surface area (Å²) in [6.07, 6.45) is 0. The van der Waals surface area contributed by atoms with Crippen LogP contribution in [-0.4, -0.2) is 27.8 Å². The smallest absolute Gasteiger partial charge is 0.286 e. The lowest BCUT2D eigenvalue weighted by Crippen LogP contribution is -2.24. The molecule has 0 radical (unpaired) electrons. The molecular formula is C24H22ClN5O5S3. The van der Waals surface area contributed by atoms with E-state index in [-0.39, 0.29) is 15.4 Å². The van der Waals surface area contributed by atoms with Crippen molar-refractivity contribution < 1.29 is 16.8 Å². The van der Waals surface area contributed by atoms with Crippen LogP contribution in [0.1, 0.15) is 11.1 Å². The van der Waals surface area contributed by atoms with Gasteiger partial charge in [-0.25, -0.2) is 13.6 Å². The number of halogens is 1. The van der Waals surface area contributed by atoms with E-state index in [0.29, 0.717) is 32.4 Å². The molecule has 0 saturated heterocycles. The van der Waals surface area contributed by atoms with Gasteiger partial charge in [-0.1, -0.05) is 29.8 Å². The third-order valence-electron chi connectivity index (χ3n) is 5.40. The second kappa shape index (κ2) is 10.8. The molecule has 0 atom stereocenters. The number of aromatic amines is 1. The first-order chi connectivity index (χ1) is 17.8.